The van der Waals surface area contributed by atoms with Crippen molar-refractivity contribution in [3.05, 3.63) is 83.9 Å². The summed E-state index contributed by atoms with van der Waals surface area (Å²) in [4.78, 5) is 12.4. The first-order valence-electron chi connectivity index (χ1n) is 9.06. The quantitative estimate of drug-likeness (QED) is 0.690. The van der Waals surface area contributed by atoms with Crippen LogP contribution in [0.2, 0.25) is 0 Å². The summed E-state index contributed by atoms with van der Waals surface area (Å²) in [7, 11) is -0.887. The van der Waals surface area contributed by atoms with E-state index in [9.17, 15) is 9.82 Å². The average molecular weight is 357 g/mol. The molecule has 27 heavy (non-hydrogen) atoms. The van der Waals surface area contributed by atoms with Crippen molar-refractivity contribution >= 4 is 24.2 Å². The molecule has 2 N–H and O–H groups in total. The highest BCUT2D eigenvalue weighted by Crippen LogP contribution is 2.22. The predicted molar refractivity (Wildman–Crippen MR) is 108 cm³/mol. The molecule has 0 spiro atoms. The summed E-state index contributed by atoms with van der Waals surface area (Å²) in [5.41, 5.74) is 5.73. The van der Waals surface area contributed by atoms with E-state index >= 15 is 0 Å². The van der Waals surface area contributed by atoms with Crippen molar-refractivity contribution in [1.29, 1.82) is 0 Å². The van der Waals surface area contributed by atoms with Gasteiger partial charge in [-0.1, -0.05) is 60.7 Å². The fraction of sp³-hybridized carbons (Fsp3) is 0.136. The van der Waals surface area contributed by atoms with E-state index < -0.39 is 7.12 Å². The Bertz CT molecular complexity index is 959. The summed E-state index contributed by atoms with van der Waals surface area (Å²) < 4.78 is 5.28. The fourth-order valence-electron chi connectivity index (χ4n) is 3.46. The molecular weight excluding hydrogens is 337 g/mol. The van der Waals surface area contributed by atoms with Gasteiger partial charge >= 0.3 is 7.12 Å². The molecule has 4 rings (SSSR count). The number of aryl methyl sites for hydroxylation is 1. The van der Waals surface area contributed by atoms with E-state index in [0.717, 1.165) is 33.4 Å². The Kier molecular flexibility index (Phi) is 5.05. The molecule has 4 nitrogen and oxygen atoms in total. The second kappa shape index (κ2) is 7.78. The van der Waals surface area contributed by atoms with E-state index in [4.69, 9.17) is 4.65 Å². The van der Waals surface area contributed by atoms with Gasteiger partial charge in [0, 0.05) is 12.1 Å². The van der Waals surface area contributed by atoms with Crippen LogP contribution in [0.5, 0.6) is 0 Å². The third-order valence-corrected chi connectivity index (χ3v) is 4.81. The molecule has 1 heterocycles. The number of nitrogens with one attached hydrogen (secondary N) is 1. The standard InChI is InChI=1S/C22H20BNO3/c25-21(13-12-17-8-4-10-19-15-27-23(26)22(17)19)24-20-11-5-9-18(14-20)16-6-2-1-3-7-16/h1-11,14,26H,12-13,15H2,(H,24,25). The van der Waals surface area contributed by atoms with Crippen LogP contribution in [-0.2, 0) is 22.5 Å². The highest BCUT2D eigenvalue weighted by atomic mass is 16.5. The molecule has 1 aliphatic rings. The maximum atomic E-state index is 12.4. The monoisotopic (exact) mass is 357 g/mol. The number of rotatable bonds is 5. The van der Waals surface area contributed by atoms with Gasteiger partial charge in [0.1, 0.15) is 0 Å². The van der Waals surface area contributed by atoms with Gasteiger partial charge in [0.25, 0.3) is 0 Å². The molecule has 0 unspecified atom stereocenters. The molecule has 0 fully saturated rings. The van der Waals surface area contributed by atoms with E-state index in [2.05, 4.69) is 5.32 Å². The van der Waals surface area contributed by atoms with Crippen molar-refractivity contribution in [2.24, 2.45) is 0 Å². The lowest BCUT2D eigenvalue weighted by atomic mass is 9.75. The number of fused-ring (bicyclic) bond motifs is 1. The van der Waals surface area contributed by atoms with Crippen molar-refractivity contribution in [2.45, 2.75) is 19.4 Å². The topological polar surface area (TPSA) is 58.6 Å². The van der Waals surface area contributed by atoms with Gasteiger partial charge in [0.2, 0.25) is 5.91 Å². The first kappa shape index (κ1) is 17.5. The number of carbonyl (C=O) groups is 1. The number of carbonyl (C=O) groups excluding carboxylic acids is 1. The highest BCUT2D eigenvalue weighted by Gasteiger charge is 2.29. The lowest BCUT2D eigenvalue weighted by Crippen LogP contribution is -2.31. The predicted octanol–water partition coefficient (Wildman–Crippen LogP) is 3.14. The molecule has 0 bridgehead atoms. The SMILES string of the molecule is O=C(CCc1cccc2c1B(O)OC2)Nc1cccc(-c2ccccc2)c1. The number of amides is 1. The van der Waals surface area contributed by atoms with E-state index in [0.29, 0.717) is 19.4 Å². The molecular formula is C22H20BNO3. The van der Waals surface area contributed by atoms with Crippen LogP contribution in [0, 0.1) is 0 Å². The highest BCUT2D eigenvalue weighted by molar-refractivity contribution is 6.62. The molecule has 5 heteroatoms. The van der Waals surface area contributed by atoms with E-state index in [1.54, 1.807) is 0 Å². The van der Waals surface area contributed by atoms with Crippen molar-refractivity contribution in [3.63, 3.8) is 0 Å². The van der Waals surface area contributed by atoms with Crippen LogP contribution in [0.25, 0.3) is 11.1 Å². The summed E-state index contributed by atoms with van der Waals surface area (Å²) in [5, 5.41) is 12.9. The van der Waals surface area contributed by atoms with E-state index in [1.165, 1.54) is 0 Å². The van der Waals surface area contributed by atoms with Crippen molar-refractivity contribution < 1.29 is 14.5 Å². The number of benzene rings is 3. The second-order valence-electron chi connectivity index (χ2n) is 6.65. The van der Waals surface area contributed by atoms with Crippen molar-refractivity contribution in [3.8, 4) is 11.1 Å². The van der Waals surface area contributed by atoms with Crippen LogP contribution in [0.3, 0.4) is 0 Å². The number of hydrogen-bond donors (Lipinski definition) is 2. The molecule has 1 aliphatic heterocycles. The minimum Gasteiger partial charge on any atom is -0.423 e. The van der Waals surface area contributed by atoms with Crippen LogP contribution >= 0.6 is 0 Å². The number of anilines is 1. The Labute approximate surface area is 159 Å². The lowest BCUT2D eigenvalue weighted by Gasteiger charge is -2.10. The van der Waals surface area contributed by atoms with Crippen LogP contribution in [0.4, 0.5) is 5.69 Å². The Hall–Kier alpha value is -2.89. The summed E-state index contributed by atoms with van der Waals surface area (Å²) >= 11 is 0. The maximum absolute atomic E-state index is 12.4. The summed E-state index contributed by atoms with van der Waals surface area (Å²) in [6, 6.07) is 23.7. The zero-order valence-electron chi connectivity index (χ0n) is 14.9. The molecule has 3 aromatic carbocycles. The molecule has 134 valence electrons. The fourth-order valence-corrected chi connectivity index (χ4v) is 3.46. The van der Waals surface area contributed by atoms with Crippen molar-refractivity contribution in [2.75, 3.05) is 5.32 Å². The zero-order chi connectivity index (χ0) is 18.6. The third kappa shape index (κ3) is 3.94. The first-order valence-corrected chi connectivity index (χ1v) is 9.06. The molecule has 3 aromatic rings. The lowest BCUT2D eigenvalue weighted by molar-refractivity contribution is -0.116. The third-order valence-electron chi connectivity index (χ3n) is 4.81. The van der Waals surface area contributed by atoms with Gasteiger partial charge in [-0.2, -0.15) is 0 Å². The van der Waals surface area contributed by atoms with E-state index in [1.807, 2.05) is 72.8 Å². The Morgan fingerprint density at radius 1 is 1.00 bits per heavy atom. The summed E-state index contributed by atoms with van der Waals surface area (Å²) in [6.45, 7) is 0.419. The smallest absolute Gasteiger partial charge is 0.423 e. The van der Waals surface area contributed by atoms with E-state index in [-0.39, 0.29) is 5.91 Å². The van der Waals surface area contributed by atoms with Crippen LogP contribution in [-0.4, -0.2) is 18.0 Å². The molecule has 0 aliphatic carbocycles. The maximum Gasteiger partial charge on any atom is 0.492 e. The zero-order valence-corrected chi connectivity index (χ0v) is 14.9. The molecule has 0 radical (unpaired) electrons. The van der Waals surface area contributed by atoms with Gasteiger partial charge in [-0.3, -0.25) is 4.79 Å². The Morgan fingerprint density at radius 2 is 1.78 bits per heavy atom. The Morgan fingerprint density at radius 3 is 2.63 bits per heavy atom. The second-order valence-corrected chi connectivity index (χ2v) is 6.65. The summed E-state index contributed by atoms with van der Waals surface area (Å²) in [6.07, 6.45) is 0.909. The Balaban J connectivity index is 1.42. The van der Waals surface area contributed by atoms with Gasteiger partial charge in [-0.25, -0.2) is 0 Å². The van der Waals surface area contributed by atoms with Crippen LogP contribution in [0.1, 0.15) is 17.5 Å². The molecule has 0 saturated carbocycles. The van der Waals surface area contributed by atoms with Gasteiger partial charge in [0.05, 0.1) is 6.61 Å². The van der Waals surface area contributed by atoms with Crippen LogP contribution in [0.15, 0.2) is 72.8 Å². The number of hydrogen-bond acceptors (Lipinski definition) is 3. The normalized spacial score (nSPS) is 12.7. The van der Waals surface area contributed by atoms with Gasteiger partial charge in [-0.15, -0.1) is 0 Å². The van der Waals surface area contributed by atoms with Crippen LogP contribution < -0.4 is 10.8 Å². The summed E-state index contributed by atoms with van der Waals surface area (Å²) in [5.74, 6) is -0.0498. The molecule has 0 saturated heterocycles. The molecule has 0 aromatic heterocycles. The molecule has 1 amide bonds. The largest absolute Gasteiger partial charge is 0.492 e. The minimum atomic E-state index is -0.887. The van der Waals surface area contributed by atoms with Gasteiger partial charge < -0.3 is 15.0 Å². The molecule has 0 atom stereocenters. The first-order chi connectivity index (χ1) is 13.2. The van der Waals surface area contributed by atoms with Gasteiger partial charge in [0.15, 0.2) is 0 Å². The van der Waals surface area contributed by atoms with Gasteiger partial charge in [-0.05, 0) is 46.3 Å². The van der Waals surface area contributed by atoms with Crippen molar-refractivity contribution in [1.82, 2.24) is 0 Å². The minimum absolute atomic E-state index is 0.0498. The average Bonchev–Trinajstić information content (AvgIpc) is 3.09.